The monoisotopic (exact) mass is 458 g/mol. The van der Waals surface area contributed by atoms with E-state index >= 15 is 0 Å². The van der Waals surface area contributed by atoms with Crippen LogP contribution in [0.25, 0.3) is 22.2 Å². The molecule has 5 aromatic rings. The zero-order chi connectivity index (χ0) is 22.6. The maximum Gasteiger partial charge on any atom is 0.141 e. The highest BCUT2D eigenvalue weighted by Gasteiger charge is 2.10. The molecule has 0 aliphatic rings. The van der Waals surface area contributed by atoms with Crippen molar-refractivity contribution in [1.82, 2.24) is 25.0 Å². The molecule has 1 N–H and O–H groups in total. The lowest BCUT2D eigenvalue weighted by Gasteiger charge is -2.09. The summed E-state index contributed by atoms with van der Waals surface area (Å²) in [5.74, 6) is 0.128. The number of halogens is 2. The molecule has 0 bridgehead atoms. The van der Waals surface area contributed by atoms with Gasteiger partial charge >= 0.3 is 0 Å². The van der Waals surface area contributed by atoms with Gasteiger partial charge in [0.2, 0.25) is 0 Å². The number of hydrogen-bond acceptors (Lipinski definition) is 5. The average molecular weight is 459 g/mol. The van der Waals surface area contributed by atoms with Crippen LogP contribution >= 0.6 is 11.6 Å². The van der Waals surface area contributed by atoms with E-state index in [2.05, 4.69) is 49.9 Å². The van der Waals surface area contributed by atoms with Crippen LogP contribution < -0.4 is 5.32 Å². The van der Waals surface area contributed by atoms with Gasteiger partial charge in [-0.2, -0.15) is 0 Å². The van der Waals surface area contributed by atoms with Crippen molar-refractivity contribution in [3.05, 3.63) is 95.7 Å². The number of fused-ring (bicyclic) bond motifs is 1. The molecule has 2 aromatic heterocycles. The van der Waals surface area contributed by atoms with E-state index in [1.54, 1.807) is 6.07 Å². The summed E-state index contributed by atoms with van der Waals surface area (Å²) < 4.78 is 15.4. The SMILES string of the molecule is Fc1ccc(Nc2ncnc3ccc(-c4cn(CCCc5ccccc5)nn4)cc23)cc1Cl. The van der Waals surface area contributed by atoms with Crippen molar-refractivity contribution < 1.29 is 4.39 Å². The van der Waals surface area contributed by atoms with Crippen molar-refractivity contribution in [1.29, 1.82) is 0 Å². The van der Waals surface area contributed by atoms with Gasteiger partial charge in [-0.15, -0.1) is 5.10 Å². The van der Waals surface area contributed by atoms with E-state index < -0.39 is 5.82 Å². The maximum absolute atomic E-state index is 13.5. The summed E-state index contributed by atoms with van der Waals surface area (Å²) >= 11 is 5.91. The van der Waals surface area contributed by atoms with Crippen molar-refractivity contribution in [3.63, 3.8) is 0 Å². The Balaban J connectivity index is 1.35. The molecule has 2 heterocycles. The normalized spacial score (nSPS) is 11.1. The van der Waals surface area contributed by atoms with E-state index in [1.165, 1.54) is 24.0 Å². The number of anilines is 2. The van der Waals surface area contributed by atoms with E-state index in [0.717, 1.165) is 41.5 Å². The first-order chi connectivity index (χ1) is 16.2. The summed E-state index contributed by atoms with van der Waals surface area (Å²) in [5, 5.41) is 12.7. The molecule has 3 aromatic carbocycles. The molecule has 0 aliphatic heterocycles. The van der Waals surface area contributed by atoms with Crippen molar-refractivity contribution >= 4 is 34.0 Å². The van der Waals surface area contributed by atoms with Crippen LogP contribution in [0.15, 0.2) is 79.3 Å². The lowest BCUT2D eigenvalue weighted by atomic mass is 10.1. The standard InChI is InChI=1S/C25H20ClFN6/c26-21-14-19(9-10-22(21)27)30-25-20-13-18(8-11-23(20)28-16-29-25)24-15-33(32-31-24)12-4-7-17-5-2-1-3-6-17/h1-3,5-6,8-11,13-16H,4,7,12H2,(H,28,29,30). The number of rotatable bonds is 7. The van der Waals surface area contributed by atoms with Gasteiger partial charge in [0.15, 0.2) is 0 Å². The highest BCUT2D eigenvalue weighted by molar-refractivity contribution is 6.31. The van der Waals surface area contributed by atoms with Crippen molar-refractivity contribution in [2.45, 2.75) is 19.4 Å². The quantitative estimate of drug-likeness (QED) is 0.321. The van der Waals surface area contributed by atoms with Gasteiger partial charge < -0.3 is 5.32 Å². The van der Waals surface area contributed by atoms with E-state index in [-0.39, 0.29) is 5.02 Å². The van der Waals surface area contributed by atoms with Crippen molar-refractivity contribution in [2.75, 3.05) is 5.32 Å². The van der Waals surface area contributed by atoms with Gasteiger partial charge in [-0.3, -0.25) is 4.68 Å². The van der Waals surface area contributed by atoms with Crippen LogP contribution in [0.2, 0.25) is 5.02 Å². The Labute approximate surface area is 195 Å². The van der Waals surface area contributed by atoms with Gasteiger partial charge in [0, 0.05) is 23.2 Å². The zero-order valence-electron chi connectivity index (χ0n) is 17.6. The first kappa shape index (κ1) is 21.0. The third-order valence-corrected chi connectivity index (χ3v) is 5.64. The van der Waals surface area contributed by atoms with E-state index in [0.29, 0.717) is 11.5 Å². The number of benzene rings is 3. The summed E-state index contributed by atoms with van der Waals surface area (Å²) in [6.45, 7) is 0.788. The van der Waals surface area contributed by atoms with Crippen molar-refractivity contribution in [2.24, 2.45) is 0 Å². The van der Waals surface area contributed by atoms with E-state index in [9.17, 15) is 4.39 Å². The Morgan fingerprint density at radius 3 is 2.70 bits per heavy atom. The minimum absolute atomic E-state index is 0.0444. The van der Waals surface area contributed by atoms with Crippen LogP contribution in [0.5, 0.6) is 0 Å². The molecule has 0 saturated carbocycles. The van der Waals surface area contributed by atoms with Crippen LogP contribution in [-0.2, 0) is 13.0 Å². The fourth-order valence-corrected chi connectivity index (χ4v) is 3.84. The average Bonchev–Trinajstić information content (AvgIpc) is 3.31. The Hall–Kier alpha value is -3.84. The number of aromatic nitrogens is 5. The van der Waals surface area contributed by atoms with Crippen molar-refractivity contribution in [3.8, 4) is 11.3 Å². The fraction of sp³-hybridized carbons (Fsp3) is 0.120. The molecule has 0 spiro atoms. The fourth-order valence-electron chi connectivity index (χ4n) is 3.66. The topological polar surface area (TPSA) is 68.5 Å². The number of hydrogen-bond donors (Lipinski definition) is 1. The summed E-state index contributed by atoms with van der Waals surface area (Å²) in [6.07, 6.45) is 5.40. The third kappa shape index (κ3) is 4.83. The summed E-state index contributed by atoms with van der Waals surface area (Å²) in [7, 11) is 0. The molecule has 5 rings (SSSR count). The molecule has 6 nitrogen and oxygen atoms in total. The first-order valence-electron chi connectivity index (χ1n) is 10.6. The Bertz CT molecular complexity index is 1400. The van der Waals surface area contributed by atoms with Crippen LogP contribution in [0.1, 0.15) is 12.0 Å². The molecule has 0 saturated heterocycles. The number of nitrogens with one attached hydrogen (secondary N) is 1. The zero-order valence-corrected chi connectivity index (χ0v) is 18.4. The number of nitrogens with zero attached hydrogens (tertiary/aromatic N) is 5. The Morgan fingerprint density at radius 2 is 1.85 bits per heavy atom. The van der Waals surface area contributed by atoms with Crippen LogP contribution in [0.3, 0.4) is 0 Å². The predicted molar refractivity (Wildman–Crippen MR) is 128 cm³/mol. The molecule has 164 valence electrons. The smallest absolute Gasteiger partial charge is 0.141 e. The maximum atomic E-state index is 13.5. The van der Waals surface area contributed by atoms with Gasteiger partial charge in [0.1, 0.15) is 23.7 Å². The third-order valence-electron chi connectivity index (χ3n) is 5.35. The highest BCUT2D eigenvalue weighted by Crippen LogP contribution is 2.29. The summed E-state index contributed by atoms with van der Waals surface area (Å²) in [6, 6.07) is 20.7. The lowest BCUT2D eigenvalue weighted by Crippen LogP contribution is -2.00. The van der Waals surface area contributed by atoms with Gasteiger partial charge in [-0.05, 0) is 48.7 Å². The second kappa shape index (κ2) is 9.34. The first-order valence-corrected chi connectivity index (χ1v) is 10.9. The van der Waals surface area contributed by atoms with Crippen LogP contribution in [-0.4, -0.2) is 25.0 Å². The van der Waals surface area contributed by atoms with Crippen LogP contribution in [0.4, 0.5) is 15.9 Å². The Morgan fingerprint density at radius 1 is 0.970 bits per heavy atom. The highest BCUT2D eigenvalue weighted by atomic mass is 35.5. The second-order valence-corrected chi connectivity index (χ2v) is 8.07. The van der Waals surface area contributed by atoms with E-state index in [1.807, 2.05) is 35.1 Å². The number of aryl methyl sites for hydroxylation is 2. The molecule has 0 atom stereocenters. The molecule has 0 fully saturated rings. The molecule has 33 heavy (non-hydrogen) atoms. The largest absolute Gasteiger partial charge is 0.340 e. The molecular weight excluding hydrogens is 439 g/mol. The van der Waals surface area contributed by atoms with E-state index in [4.69, 9.17) is 11.6 Å². The molecular formula is C25H20ClFN6. The summed E-state index contributed by atoms with van der Waals surface area (Å²) in [4.78, 5) is 8.71. The van der Waals surface area contributed by atoms with Gasteiger partial charge in [0.05, 0.1) is 16.7 Å². The van der Waals surface area contributed by atoms with Gasteiger partial charge in [-0.25, -0.2) is 14.4 Å². The minimum atomic E-state index is -0.469. The molecule has 0 amide bonds. The van der Waals surface area contributed by atoms with Crippen LogP contribution in [0, 0.1) is 5.82 Å². The Kier molecular flexibility index (Phi) is 5.95. The second-order valence-electron chi connectivity index (χ2n) is 7.66. The molecule has 8 heteroatoms. The lowest BCUT2D eigenvalue weighted by molar-refractivity contribution is 0.559. The predicted octanol–water partition coefficient (Wildman–Crippen LogP) is 6.06. The van der Waals surface area contributed by atoms with Gasteiger partial charge in [0.25, 0.3) is 0 Å². The molecule has 0 unspecified atom stereocenters. The minimum Gasteiger partial charge on any atom is -0.340 e. The summed E-state index contributed by atoms with van der Waals surface area (Å²) in [5.41, 5.74) is 4.41. The molecule has 0 aliphatic carbocycles. The molecule has 0 radical (unpaired) electrons. The van der Waals surface area contributed by atoms with Gasteiger partial charge in [-0.1, -0.05) is 53.2 Å².